The van der Waals surface area contributed by atoms with Crippen molar-refractivity contribution in [2.75, 3.05) is 13.1 Å². The lowest BCUT2D eigenvalue weighted by Crippen LogP contribution is -2.48. The van der Waals surface area contributed by atoms with E-state index in [1.54, 1.807) is 6.20 Å². The maximum Gasteiger partial charge on any atom is 0.272 e. The summed E-state index contributed by atoms with van der Waals surface area (Å²) in [5, 5.41) is 6.54. The van der Waals surface area contributed by atoms with Crippen LogP contribution in [0.15, 0.2) is 6.20 Å². The van der Waals surface area contributed by atoms with E-state index in [1.807, 2.05) is 4.90 Å². The van der Waals surface area contributed by atoms with E-state index in [1.165, 1.54) is 0 Å². The highest BCUT2D eigenvalue weighted by atomic mass is 127. The van der Waals surface area contributed by atoms with E-state index in [0.717, 1.165) is 16.7 Å². The first-order valence-corrected chi connectivity index (χ1v) is 5.24. The molecule has 70 valence electrons. The molecule has 0 atom stereocenters. The zero-order valence-corrected chi connectivity index (χ0v) is 9.41. The highest BCUT2D eigenvalue weighted by molar-refractivity contribution is 14.1. The molecule has 0 aliphatic carbocycles. The molecule has 2 rings (SSSR count). The largest absolute Gasteiger partial charge is 0.337 e. The molecule has 5 heteroatoms. The first kappa shape index (κ1) is 8.98. The van der Waals surface area contributed by atoms with Gasteiger partial charge in [-0.05, 0) is 28.5 Å². The van der Waals surface area contributed by atoms with Gasteiger partial charge in [0.05, 0.1) is 9.77 Å². The number of nitrogens with one attached hydrogen (secondary N) is 1. The molecular formula is C8H10IN3O. The molecule has 1 N–H and O–H groups in total. The van der Waals surface area contributed by atoms with E-state index in [-0.39, 0.29) is 5.91 Å². The molecule has 13 heavy (non-hydrogen) atoms. The lowest BCUT2D eigenvalue weighted by atomic mass is 10.0. The normalized spacial score (nSPS) is 17.2. The Morgan fingerprint density at radius 1 is 1.77 bits per heavy atom. The van der Waals surface area contributed by atoms with E-state index < -0.39 is 0 Å². The van der Waals surface area contributed by atoms with E-state index in [9.17, 15) is 4.79 Å². The fourth-order valence-corrected chi connectivity index (χ4v) is 1.93. The van der Waals surface area contributed by atoms with Crippen molar-refractivity contribution in [2.45, 2.75) is 6.92 Å². The zero-order chi connectivity index (χ0) is 9.42. The predicted molar refractivity (Wildman–Crippen MR) is 56.4 cm³/mol. The van der Waals surface area contributed by atoms with Crippen LogP contribution < -0.4 is 0 Å². The van der Waals surface area contributed by atoms with Crippen LogP contribution in [0.4, 0.5) is 0 Å². The molecule has 0 radical (unpaired) electrons. The van der Waals surface area contributed by atoms with Gasteiger partial charge in [-0.3, -0.25) is 9.89 Å². The van der Waals surface area contributed by atoms with Crippen LogP contribution in [-0.4, -0.2) is 34.1 Å². The van der Waals surface area contributed by atoms with Gasteiger partial charge < -0.3 is 4.90 Å². The molecule has 0 spiro atoms. The summed E-state index contributed by atoms with van der Waals surface area (Å²) in [4.78, 5) is 13.5. The maximum atomic E-state index is 11.7. The van der Waals surface area contributed by atoms with Crippen molar-refractivity contribution in [1.29, 1.82) is 0 Å². The number of H-pyrrole nitrogens is 1. The van der Waals surface area contributed by atoms with E-state index in [4.69, 9.17) is 0 Å². The molecule has 1 fully saturated rings. The van der Waals surface area contributed by atoms with Gasteiger partial charge in [0.15, 0.2) is 0 Å². The monoisotopic (exact) mass is 291 g/mol. The minimum absolute atomic E-state index is 0.0694. The van der Waals surface area contributed by atoms with Crippen molar-refractivity contribution in [3.8, 4) is 0 Å². The topological polar surface area (TPSA) is 49.0 Å². The van der Waals surface area contributed by atoms with Gasteiger partial charge in [-0.25, -0.2) is 0 Å². The fraction of sp³-hybridized carbons (Fsp3) is 0.500. The fourth-order valence-electron chi connectivity index (χ4n) is 1.44. The molecule has 1 aliphatic rings. The van der Waals surface area contributed by atoms with Gasteiger partial charge in [0.25, 0.3) is 5.91 Å². The van der Waals surface area contributed by atoms with E-state index >= 15 is 0 Å². The number of nitrogens with zero attached hydrogens (tertiary/aromatic N) is 2. The van der Waals surface area contributed by atoms with Crippen LogP contribution in [0.25, 0.3) is 0 Å². The number of hydrogen-bond donors (Lipinski definition) is 1. The number of carbonyl (C=O) groups is 1. The number of halogens is 1. The second-order valence-electron chi connectivity index (χ2n) is 3.41. The first-order chi connectivity index (χ1) is 6.18. The summed E-state index contributed by atoms with van der Waals surface area (Å²) >= 11 is 2.11. The van der Waals surface area contributed by atoms with Gasteiger partial charge in [0.1, 0.15) is 5.69 Å². The Morgan fingerprint density at radius 2 is 2.46 bits per heavy atom. The number of amides is 1. The Morgan fingerprint density at radius 3 is 2.92 bits per heavy atom. The lowest BCUT2D eigenvalue weighted by Gasteiger charge is -2.36. The van der Waals surface area contributed by atoms with Crippen LogP contribution in [0.1, 0.15) is 17.4 Å². The summed E-state index contributed by atoms with van der Waals surface area (Å²) in [6.07, 6.45) is 1.66. The average molecular weight is 291 g/mol. The molecule has 1 saturated heterocycles. The summed E-state index contributed by atoms with van der Waals surface area (Å²) in [7, 11) is 0. The van der Waals surface area contributed by atoms with E-state index in [2.05, 4.69) is 39.7 Å². The number of rotatable bonds is 1. The van der Waals surface area contributed by atoms with Crippen molar-refractivity contribution in [3.63, 3.8) is 0 Å². The number of hydrogen-bond acceptors (Lipinski definition) is 2. The predicted octanol–water partition coefficient (Wildman–Crippen LogP) is 1.11. The van der Waals surface area contributed by atoms with Crippen LogP contribution in [0.3, 0.4) is 0 Å². The Bertz CT molecular complexity index is 330. The molecule has 1 amide bonds. The standard InChI is InChI=1S/C8H10IN3O/c1-5-3-12(4-5)8(13)7-6(9)2-10-11-7/h2,5H,3-4H2,1H3,(H,10,11). The summed E-state index contributed by atoms with van der Waals surface area (Å²) in [5.41, 5.74) is 0.618. The SMILES string of the molecule is CC1CN(C(=O)c2[nH]ncc2I)C1. The van der Waals surface area contributed by atoms with E-state index in [0.29, 0.717) is 11.6 Å². The highest BCUT2D eigenvalue weighted by Gasteiger charge is 2.29. The summed E-state index contributed by atoms with van der Waals surface area (Å²) in [6, 6.07) is 0. The average Bonchev–Trinajstić information content (AvgIpc) is 2.44. The molecule has 0 bridgehead atoms. The van der Waals surface area contributed by atoms with Gasteiger partial charge in [0, 0.05) is 13.1 Å². The minimum atomic E-state index is 0.0694. The van der Waals surface area contributed by atoms with Crippen LogP contribution >= 0.6 is 22.6 Å². The molecule has 1 aromatic rings. The number of aromatic amines is 1. The summed E-state index contributed by atoms with van der Waals surface area (Å²) in [5.74, 6) is 0.713. The van der Waals surface area contributed by atoms with Crippen LogP contribution in [0.2, 0.25) is 0 Å². The van der Waals surface area contributed by atoms with Crippen LogP contribution in [0, 0.1) is 9.49 Å². The molecule has 0 aromatic carbocycles. The Balaban J connectivity index is 2.10. The molecular weight excluding hydrogens is 281 g/mol. The maximum absolute atomic E-state index is 11.7. The number of aromatic nitrogens is 2. The molecule has 1 aliphatic heterocycles. The van der Waals surface area contributed by atoms with Gasteiger partial charge in [0.2, 0.25) is 0 Å². The summed E-state index contributed by atoms with van der Waals surface area (Å²) in [6.45, 7) is 3.88. The van der Waals surface area contributed by atoms with Crippen LogP contribution in [-0.2, 0) is 0 Å². The summed E-state index contributed by atoms with van der Waals surface area (Å²) < 4.78 is 0.891. The van der Waals surface area contributed by atoms with Crippen molar-refractivity contribution in [2.24, 2.45) is 5.92 Å². The zero-order valence-electron chi connectivity index (χ0n) is 7.25. The van der Waals surface area contributed by atoms with Gasteiger partial charge in [-0.1, -0.05) is 6.92 Å². The molecule has 4 nitrogen and oxygen atoms in total. The highest BCUT2D eigenvalue weighted by Crippen LogP contribution is 2.19. The third-order valence-corrected chi connectivity index (χ3v) is 2.98. The third-order valence-electron chi connectivity index (χ3n) is 2.16. The number of carbonyl (C=O) groups excluding carboxylic acids is 1. The molecule has 1 aromatic heterocycles. The van der Waals surface area contributed by atoms with Crippen molar-refractivity contribution in [3.05, 3.63) is 15.5 Å². The first-order valence-electron chi connectivity index (χ1n) is 4.16. The quantitative estimate of drug-likeness (QED) is 0.788. The molecule has 2 heterocycles. The smallest absolute Gasteiger partial charge is 0.272 e. The second-order valence-corrected chi connectivity index (χ2v) is 4.57. The van der Waals surface area contributed by atoms with Gasteiger partial charge in [-0.15, -0.1) is 0 Å². The van der Waals surface area contributed by atoms with Crippen LogP contribution in [0.5, 0.6) is 0 Å². The van der Waals surface area contributed by atoms with Crippen molar-refractivity contribution < 1.29 is 4.79 Å². The Labute approximate surface area is 89.8 Å². The van der Waals surface area contributed by atoms with Crippen molar-refractivity contribution in [1.82, 2.24) is 15.1 Å². The van der Waals surface area contributed by atoms with Gasteiger partial charge in [-0.2, -0.15) is 5.10 Å². The Hall–Kier alpha value is -0.590. The second kappa shape index (κ2) is 3.28. The van der Waals surface area contributed by atoms with Crippen molar-refractivity contribution >= 4 is 28.5 Å². The molecule has 0 saturated carbocycles. The number of likely N-dealkylation sites (tertiary alicyclic amines) is 1. The lowest BCUT2D eigenvalue weighted by molar-refractivity contribution is 0.0523. The molecule has 0 unspecified atom stereocenters. The third kappa shape index (κ3) is 1.56. The van der Waals surface area contributed by atoms with Gasteiger partial charge >= 0.3 is 0 Å². The minimum Gasteiger partial charge on any atom is -0.337 e. The Kier molecular flexibility index (Phi) is 2.27.